The molecule has 0 radical (unpaired) electrons. The van der Waals surface area contributed by atoms with Crippen LogP contribution in [-0.2, 0) is 4.74 Å². The van der Waals surface area contributed by atoms with Gasteiger partial charge in [-0.15, -0.1) is 0 Å². The summed E-state index contributed by atoms with van der Waals surface area (Å²) in [5.74, 6) is 0.501. The van der Waals surface area contributed by atoms with Crippen molar-refractivity contribution in [2.75, 3.05) is 12.8 Å². The van der Waals surface area contributed by atoms with Crippen molar-refractivity contribution in [3.05, 3.63) is 23.4 Å². The molecule has 1 aromatic rings. The van der Waals surface area contributed by atoms with Gasteiger partial charge in [-0.05, 0) is 31.4 Å². The molecule has 4 nitrogen and oxygen atoms in total. The molecular weight excluding hydrogens is 214 g/mol. The second-order valence-corrected chi connectivity index (χ2v) is 4.38. The van der Waals surface area contributed by atoms with Crippen LogP contribution in [0.3, 0.4) is 0 Å². The van der Waals surface area contributed by atoms with E-state index in [0.29, 0.717) is 5.82 Å². The van der Waals surface area contributed by atoms with Gasteiger partial charge in [-0.1, -0.05) is 13.8 Å². The minimum Gasteiger partial charge on any atom is -0.383 e. The summed E-state index contributed by atoms with van der Waals surface area (Å²) in [6, 6.07) is 1.67. The third-order valence-corrected chi connectivity index (χ3v) is 3.72. The van der Waals surface area contributed by atoms with Gasteiger partial charge in [0.15, 0.2) is 0 Å². The lowest BCUT2D eigenvalue weighted by Crippen LogP contribution is -2.42. The Morgan fingerprint density at radius 1 is 1.41 bits per heavy atom. The molecule has 1 aromatic heterocycles. The third-order valence-electron chi connectivity index (χ3n) is 3.72. The van der Waals surface area contributed by atoms with Crippen LogP contribution in [0.1, 0.15) is 43.9 Å². The molecule has 0 saturated heterocycles. The number of nitrogens with zero attached hydrogens (tertiary/aromatic N) is 1. The van der Waals surface area contributed by atoms with E-state index in [1.165, 1.54) is 0 Å². The standard InChI is InChI=1S/C13H23N3O/c1-5-13(6-2,17-4)11(14)10-9(3)7-8-16-12(10)15/h7-8,11H,5-6,14H2,1-4H3,(H2,15,16). The number of nitrogens with two attached hydrogens (primary N) is 2. The van der Waals surface area contributed by atoms with Gasteiger partial charge in [0.25, 0.3) is 0 Å². The first-order chi connectivity index (χ1) is 8.02. The van der Waals surface area contributed by atoms with Crippen LogP contribution in [0, 0.1) is 6.92 Å². The Balaban J connectivity index is 3.23. The monoisotopic (exact) mass is 237 g/mol. The molecule has 1 unspecified atom stereocenters. The molecule has 1 rings (SSSR count). The van der Waals surface area contributed by atoms with Gasteiger partial charge >= 0.3 is 0 Å². The molecule has 0 fully saturated rings. The molecule has 0 aliphatic heterocycles. The zero-order chi connectivity index (χ0) is 13.1. The van der Waals surface area contributed by atoms with Crippen LogP contribution < -0.4 is 11.5 Å². The van der Waals surface area contributed by atoms with Crippen molar-refractivity contribution < 1.29 is 4.74 Å². The second-order valence-electron chi connectivity index (χ2n) is 4.38. The van der Waals surface area contributed by atoms with E-state index >= 15 is 0 Å². The topological polar surface area (TPSA) is 74.2 Å². The summed E-state index contributed by atoms with van der Waals surface area (Å²) in [4.78, 5) is 4.12. The van der Waals surface area contributed by atoms with Crippen molar-refractivity contribution in [3.8, 4) is 0 Å². The lowest BCUT2D eigenvalue weighted by atomic mass is 9.83. The van der Waals surface area contributed by atoms with E-state index in [9.17, 15) is 0 Å². The maximum absolute atomic E-state index is 6.36. The average molecular weight is 237 g/mol. The quantitative estimate of drug-likeness (QED) is 0.823. The minimum absolute atomic E-state index is 0.254. The highest BCUT2D eigenvalue weighted by molar-refractivity contribution is 5.47. The Labute approximate surface area is 103 Å². The molecule has 0 saturated carbocycles. The molecular formula is C13H23N3O. The van der Waals surface area contributed by atoms with Gasteiger partial charge in [-0.25, -0.2) is 4.98 Å². The molecule has 4 heteroatoms. The van der Waals surface area contributed by atoms with Crippen LogP contribution >= 0.6 is 0 Å². The number of methoxy groups -OCH3 is 1. The molecule has 0 bridgehead atoms. The smallest absolute Gasteiger partial charge is 0.128 e. The van der Waals surface area contributed by atoms with Gasteiger partial charge < -0.3 is 16.2 Å². The average Bonchev–Trinajstić information content (AvgIpc) is 2.32. The van der Waals surface area contributed by atoms with Crippen LogP contribution in [0.2, 0.25) is 0 Å². The lowest BCUT2D eigenvalue weighted by molar-refractivity contribution is -0.0386. The maximum atomic E-state index is 6.36. The van der Waals surface area contributed by atoms with Gasteiger partial charge in [0.1, 0.15) is 5.82 Å². The van der Waals surface area contributed by atoms with Crippen molar-refractivity contribution >= 4 is 5.82 Å². The fourth-order valence-electron chi connectivity index (χ4n) is 2.36. The number of hydrogen-bond donors (Lipinski definition) is 2. The number of hydrogen-bond acceptors (Lipinski definition) is 4. The highest BCUT2D eigenvalue weighted by Crippen LogP contribution is 2.36. The number of nitrogen functional groups attached to an aromatic ring is 1. The van der Waals surface area contributed by atoms with E-state index in [1.54, 1.807) is 13.3 Å². The zero-order valence-electron chi connectivity index (χ0n) is 11.2. The normalized spacial score (nSPS) is 13.7. The Morgan fingerprint density at radius 3 is 2.41 bits per heavy atom. The Bertz CT molecular complexity index is 346. The van der Waals surface area contributed by atoms with Crippen molar-refractivity contribution in [1.29, 1.82) is 0 Å². The first kappa shape index (κ1) is 13.9. The summed E-state index contributed by atoms with van der Waals surface area (Å²) in [6.45, 7) is 6.16. The van der Waals surface area contributed by atoms with E-state index < -0.39 is 0 Å². The molecule has 1 heterocycles. The molecule has 4 N–H and O–H groups in total. The number of aryl methyl sites for hydroxylation is 1. The summed E-state index contributed by atoms with van der Waals surface area (Å²) in [6.07, 6.45) is 3.39. The number of anilines is 1. The SMILES string of the molecule is CCC(CC)(OC)C(N)c1c(C)ccnc1N. The van der Waals surface area contributed by atoms with E-state index in [1.807, 2.05) is 13.0 Å². The van der Waals surface area contributed by atoms with Crippen LogP contribution in [0.5, 0.6) is 0 Å². The highest BCUT2D eigenvalue weighted by atomic mass is 16.5. The first-order valence-corrected chi connectivity index (χ1v) is 6.04. The molecule has 96 valence electrons. The van der Waals surface area contributed by atoms with Crippen molar-refractivity contribution in [1.82, 2.24) is 4.98 Å². The van der Waals surface area contributed by atoms with E-state index in [4.69, 9.17) is 16.2 Å². The Morgan fingerprint density at radius 2 is 2.00 bits per heavy atom. The second kappa shape index (κ2) is 5.47. The van der Waals surface area contributed by atoms with Crippen LogP contribution in [-0.4, -0.2) is 17.7 Å². The van der Waals surface area contributed by atoms with Crippen molar-refractivity contribution in [3.63, 3.8) is 0 Å². The van der Waals surface area contributed by atoms with Gasteiger partial charge in [-0.2, -0.15) is 0 Å². The van der Waals surface area contributed by atoms with Gasteiger partial charge in [0.2, 0.25) is 0 Å². The number of rotatable bonds is 5. The van der Waals surface area contributed by atoms with Crippen LogP contribution in [0.15, 0.2) is 12.3 Å². The molecule has 0 aliphatic rings. The van der Waals surface area contributed by atoms with E-state index in [0.717, 1.165) is 24.0 Å². The fourth-order valence-corrected chi connectivity index (χ4v) is 2.36. The van der Waals surface area contributed by atoms with Gasteiger partial charge in [0, 0.05) is 18.9 Å². The molecule has 1 atom stereocenters. The molecule has 0 aliphatic carbocycles. The summed E-state index contributed by atoms with van der Waals surface area (Å²) >= 11 is 0. The molecule has 0 aromatic carbocycles. The number of ether oxygens (including phenoxy) is 1. The third kappa shape index (κ3) is 2.42. The van der Waals surface area contributed by atoms with Crippen LogP contribution in [0.4, 0.5) is 5.82 Å². The molecule has 17 heavy (non-hydrogen) atoms. The van der Waals surface area contributed by atoms with Gasteiger partial charge in [0.05, 0.1) is 11.6 Å². The molecule has 0 spiro atoms. The number of pyridine rings is 1. The summed E-state index contributed by atoms with van der Waals surface area (Å²) in [5, 5.41) is 0. The van der Waals surface area contributed by atoms with Crippen molar-refractivity contribution in [2.45, 2.75) is 45.3 Å². The summed E-state index contributed by atoms with van der Waals surface area (Å²) in [5.41, 5.74) is 13.9. The zero-order valence-corrected chi connectivity index (χ0v) is 11.2. The molecule has 0 amide bonds. The predicted octanol–water partition coefficient (Wildman–Crippen LogP) is 2.18. The summed E-state index contributed by atoms with van der Waals surface area (Å²) in [7, 11) is 1.70. The Kier molecular flexibility index (Phi) is 4.48. The van der Waals surface area contributed by atoms with E-state index in [-0.39, 0.29) is 11.6 Å². The van der Waals surface area contributed by atoms with Gasteiger partial charge in [-0.3, -0.25) is 0 Å². The maximum Gasteiger partial charge on any atom is 0.128 e. The highest BCUT2D eigenvalue weighted by Gasteiger charge is 2.36. The largest absolute Gasteiger partial charge is 0.383 e. The minimum atomic E-state index is -0.373. The van der Waals surface area contributed by atoms with Crippen LogP contribution in [0.25, 0.3) is 0 Å². The lowest BCUT2D eigenvalue weighted by Gasteiger charge is -2.37. The van der Waals surface area contributed by atoms with E-state index in [2.05, 4.69) is 18.8 Å². The number of aromatic nitrogens is 1. The summed E-state index contributed by atoms with van der Waals surface area (Å²) < 4.78 is 5.65. The predicted molar refractivity (Wildman–Crippen MR) is 70.6 cm³/mol. The Hall–Kier alpha value is -1.13. The fraction of sp³-hybridized carbons (Fsp3) is 0.615. The first-order valence-electron chi connectivity index (χ1n) is 6.04. The van der Waals surface area contributed by atoms with Crippen molar-refractivity contribution in [2.24, 2.45) is 5.73 Å².